The third-order valence-electron chi connectivity index (χ3n) is 2.18. The molecular formula is C12H15NO4S. The summed E-state index contributed by atoms with van der Waals surface area (Å²) in [5, 5.41) is 8.80. The number of ether oxygens (including phenoxy) is 2. The second kappa shape index (κ2) is 6.20. The molecule has 1 rings (SSSR count). The molecule has 1 aromatic rings. The summed E-state index contributed by atoms with van der Waals surface area (Å²) in [6.07, 6.45) is -0.958. The van der Waals surface area contributed by atoms with E-state index in [-0.39, 0.29) is 4.99 Å². The van der Waals surface area contributed by atoms with Crippen molar-refractivity contribution in [2.45, 2.75) is 20.0 Å². The zero-order chi connectivity index (χ0) is 13.7. The van der Waals surface area contributed by atoms with Crippen molar-refractivity contribution in [1.82, 2.24) is 0 Å². The predicted molar refractivity (Wildman–Crippen MR) is 71.2 cm³/mol. The Morgan fingerprint density at radius 3 is 2.67 bits per heavy atom. The molecule has 0 amide bonds. The molecule has 1 atom stereocenters. The molecule has 98 valence electrons. The molecule has 0 aliphatic rings. The van der Waals surface area contributed by atoms with Gasteiger partial charge in [0.05, 0.1) is 6.61 Å². The number of thiocarbonyl (C=S) groups is 1. The van der Waals surface area contributed by atoms with E-state index in [1.54, 1.807) is 18.2 Å². The molecule has 18 heavy (non-hydrogen) atoms. The van der Waals surface area contributed by atoms with Gasteiger partial charge >= 0.3 is 5.97 Å². The summed E-state index contributed by atoms with van der Waals surface area (Å²) in [4.78, 5) is 11.0. The minimum absolute atomic E-state index is 0.244. The van der Waals surface area contributed by atoms with E-state index in [2.05, 4.69) is 0 Å². The van der Waals surface area contributed by atoms with Crippen molar-refractivity contribution < 1.29 is 19.4 Å². The molecular weight excluding hydrogens is 254 g/mol. The largest absolute Gasteiger partial charge is 0.490 e. The van der Waals surface area contributed by atoms with Crippen LogP contribution in [0.4, 0.5) is 0 Å². The third kappa shape index (κ3) is 3.59. The molecule has 1 aromatic carbocycles. The Balaban J connectivity index is 3.03. The van der Waals surface area contributed by atoms with Gasteiger partial charge < -0.3 is 20.3 Å². The first-order chi connectivity index (χ1) is 8.45. The Kier molecular flexibility index (Phi) is 4.91. The summed E-state index contributed by atoms with van der Waals surface area (Å²) >= 11 is 4.87. The lowest BCUT2D eigenvalue weighted by Crippen LogP contribution is -2.23. The van der Waals surface area contributed by atoms with Crippen molar-refractivity contribution in [3.63, 3.8) is 0 Å². The van der Waals surface area contributed by atoms with Gasteiger partial charge in [-0.15, -0.1) is 0 Å². The molecule has 0 aliphatic heterocycles. The number of benzene rings is 1. The van der Waals surface area contributed by atoms with Crippen LogP contribution in [0.3, 0.4) is 0 Å². The van der Waals surface area contributed by atoms with Crippen molar-refractivity contribution in [3.8, 4) is 11.5 Å². The van der Waals surface area contributed by atoms with Gasteiger partial charge in [0.2, 0.25) is 0 Å². The molecule has 3 N–H and O–H groups in total. The van der Waals surface area contributed by atoms with Crippen LogP contribution in [-0.4, -0.2) is 28.8 Å². The average Bonchev–Trinajstić information content (AvgIpc) is 2.31. The van der Waals surface area contributed by atoms with Gasteiger partial charge in [-0.3, -0.25) is 0 Å². The van der Waals surface area contributed by atoms with Crippen molar-refractivity contribution in [2.75, 3.05) is 6.61 Å². The van der Waals surface area contributed by atoms with E-state index in [0.717, 1.165) is 0 Å². The third-order valence-corrected chi connectivity index (χ3v) is 2.42. The van der Waals surface area contributed by atoms with E-state index in [1.807, 2.05) is 6.92 Å². The van der Waals surface area contributed by atoms with Crippen LogP contribution < -0.4 is 15.2 Å². The normalized spacial score (nSPS) is 11.7. The second-order valence-electron chi connectivity index (χ2n) is 3.56. The van der Waals surface area contributed by atoms with Crippen LogP contribution in [0.5, 0.6) is 11.5 Å². The fourth-order valence-corrected chi connectivity index (χ4v) is 1.39. The average molecular weight is 269 g/mol. The smallest absolute Gasteiger partial charge is 0.344 e. The standard InChI is InChI=1S/C12H15NO4S/c1-3-16-10-6-8(11(13)18)4-5-9(10)17-7(2)12(14)15/h4-7H,3H2,1-2H3,(H2,13,18)(H,14,15). The van der Waals surface area contributed by atoms with Gasteiger partial charge in [-0.05, 0) is 32.0 Å². The minimum Gasteiger partial charge on any atom is -0.490 e. The Morgan fingerprint density at radius 2 is 2.17 bits per heavy atom. The summed E-state index contributed by atoms with van der Waals surface area (Å²) in [5.41, 5.74) is 6.16. The number of rotatable bonds is 6. The van der Waals surface area contributed by atoms with Gasteiger partial charge in [0, 0.05) is 5.56 Å². The van der Waals surface area contributed by atoms with Crippen LogP contribution in [0.1, 0.15) is 19.4 Å². The van der Waals surface area contributed by atoms with E-state index < -0.39 is 12.1 Å². The maximum absolute atomic E-state index is 10.7. The lowest BCUT2D eigenvalue weighted by molar-refractivity contribution is -0.144. The van der Waals surface area contributed by atoms with E-state index in [4.69, 9.17) is 32.5 Å². The van der Waals surface area contributed by atoms with Gasteiger partial charge in [-0.2, -0.15) is 0 Å². The Bertz CT molecular complexity index is 461. The van der Waals surface area contributed by atoms with E-state index in [9.17, 15) is 4.79 Å². The molecule has 0 radical (unpaired) electrons. The van der Waals surface area contributed by atoms with Crippen LogP contribution in [0.15, 0.2) is 18.2 Å². The lowest BCUT2D eigenvalue weighted by Gasteiger charge is -2.15. The Hall–Kier alpha value is -1.82. The molecule has 0 fully saturated rings. The molecule has 6 heteroatoms. The molecule has 0 spiro atoms. The van der Waals surface area contributed by atoms with Gasteiger partial charge in [-0.1, -0.05) is 12.2 Å². The molecule has 0 aliphatic carbocycles. The first-order valence-corrected chi connectivity index (χ1v) is 5.82. The SMILES string of the molecule is CCOc1cc(C(N)=S)ccc1OC(C)C(=O)O. The van der Waals surface area contributed by atoms with Crippen molar-refractivity contribution in [2.24, 2.45) is 5.73 Å². The highest BCUT2D eigenvalue weighted by Crippen LogP contribution is 2.29. The molecule has 0 saturated carbocycles. The molecule has 0 saturated heterocycles. The highest BCUT2D eigenvalue weighted by molar-refractivity contribution is 7.80. The number of hydrogen-bond donors (Lipinski definition) is 2. The zero-order valence-electron chi connectivity index (χ0n) is 10.2. The zero-order valence-corrected chi connectivity index (χ0v) is 11.0. The maximum atomic E-state index is 10.7. The molecule has 5 nitrogen and oxygen atoms in total. The summed E-state index contributed by atoms with van der Waals surface area (Å²) in [7, 11) is 0. The van der Waals surface area contributed by atoms with Gasteiger partial charge in [0.15, 0.2) is 17.6 Å². The monoisotopic (exact) mass is 269 g/mol. The fraction of sp³-hybridized carbons (Fsp3) is 0.333. The van der Waals surface area contributed by atoms with Crippen molar-refractivity contribution >= 4 is 23.2 Å². The van der Waals surface area contributed by atoms with Crippen molar-refractivity contribution in [3.05, 3.63) is 23.8 Å². The second-order valence-corrected chi connectivity index (χ2v) is 4.00. The number of aliphatic carboxylic acids is 1. The summed E-state index contributed by atoms with van der Waals surface area (Å²) in [6.45, 7) is 3.69. The molecule has 0 bridgehead atoms. The molecule has 0 aromatic heterocycles. The first-order valence-electron chi connectivity index (χ1n) is 5.41. The van der Waals surface area contributed by atoms with Crippen LogP contribution in [0.2, 0.25) is 0 Å². The summed E-state index contributed by atoms with van der Waals surface area (Å²) in [5.74, 6) is -0.265. The Labute approximate surface area is 111 Å². The topological polar surface area (TPSA) is 81.8 Å². The van der Waals surface area contributed by atoms with Gasteiger partial charge in [0.25, 0.3) is 0 Å². The van der Waals surface area contributed by atoms with Crippen LogP contribution in [0, 0.1) is 0 Å². The molecule has 1 unspecified atom stereocenters. The van der Waals surface area contributed by atoms with Crippen LogP contribution in [-0.2, 0) is 4.79 Å². The predicted octanol–water partition coefficient (Wildman–Crippen LogP) is 1.57. The number of carboxylic acid groups (broad SMARTS) is 1. The molecule has 0 heterocycles. The Morgan fingerprint density at radius 1 is 1.50 bits per heavy atom. The quantitative estimate of drug-likeness (QED) is 0.763. The highest BCUT2D eigenvalue weighted by Gasteiger charge is 2.16. The summed E-state index contributed by atoms with van der Waals surface area (Å²) < 4.78 is 10.7. The van der Waals surface area contributed by atoms with Gasteiger partial charge in [0.1, 0.15) is 4.99 Å². The van der Waals surface area contributed by atoms with Crippen LogP contribution >= 0.6 is 12.2 Å². The number of nitrogens with two attached hydrogens (primary N) is 1. The van der Waals surface area contributed by atoms with E-state index in [1.165, 1.54) is 6.92 Å². The van der Waals surface area contributed by atoms with E-state index >= 15 is 0 Å². The highest BCUT2D eigenvalue weighted by atomic mass is 32.1. The maximum Gasteiger partial charge on any atom is 0.344 e. The van der Waals surface area contributed by atoms with Crippen LogP contribution in [0.25, 0.3) is 0 Å². The van der Waals surface area contributed by atoms with Gasteiger partial charge in [-0.25, -0.2) is 4.79 Å². The minimum atomic E-state index is -1.05. The van der Waals surface area contributed by atoms with Crippen molar-refractivity contribution in [1.29, 1.82) is 0 Å². The number of carboxylic acids is 1. The number of carbonyl (C=O) groups is 1. The number of hydrogen-bond acceptors (Lipinski definition) is 4. The summed E-state index contributed by atoms with van der Waals surface area (Å²) in [6, 6.07) is 4.89. The first kappa shape index (κ1) is 14.2. The lowest BCUT2D eigenvalue weighted by atomic mass is 10.2. The van der Waals surface area contributed by atoms with E-state index in [0.29, 0.717) is 23.7 Å². The fourth-order valence-electron chi connectivity index (χ4n) is 1.27.